The summed E-state index contributed by atoms with van der Waals surface area (Å²) < 4.78 is 36.4. The number of hydrogen-bond acceptors (Lipinski definition) is 6. The Morgan fingerprint density at radius 1 is 1.30 bits per heavy atom. The summed E-state index contributed by atoms with van der Waals surface area (Å²) in [7, 11) is 0. The van der Waals surface area contributed by atoms with E-state index in [2.05, 4.69) is 10.6 Å². The maximum absolute atomic E-state index is 15.5. The number of ether oxygens (including phenoxy) is 1. The topological polar surface area (TPSA) is 117 Å². The molecule has 2 aromatic carbocycles. The Kier molecular flexibility index (Phi) is 8.45. The lowest BCUT2D eigenvalue weighted by molar-refractivity contribution is -0.123. The highest BCUT2D eigenvalue weighted by Crippen LogP contribution is 2.50. The molecule has 2 saturated heterocycles. The van der Waals surface area contributed by atoms with Gasteiger partial charge in [0, 0.05) is 34.5 Å². The fourth-order valence-electron chi connectivity index (χ4n) is 5.42. The summed E-state index contributed by atoms with van der Waals surface area (Å²) in [4.78, 5) is 13.5. The Hall–Kier alpha value is -1.85. The number of halogens is 4. The van der Waals surface area contributed by atoms with Crippen molar-refractivity contribution in [2.75, 3.05) is 26.4 Å². The van der Waals surface area contributed by atoms with Crippen molar-refractivity contribution in [3.63, 3.8) is 0 Å². The molecule has 4 rings (SSSR count). The van der Waals surface area contributed by atoms with Crippen molar-refractivity contribution < 1.29 is 28.5 Å². The highest BCUT2D eigenvalue weighted by Gasteiger charge is 2.59. The van der Waals surface area contributed by atoms with Crippen molar-refractivity contribution in [2.45, 2.75) is 49.4 Å². The predicted molar refractivity (Wildman–Crippen MR) is 136 cm³/mol. The Morgan fingerprint density at radius 2 is 2.03 bits per heavy atom. The highest BCUT2D eigenvalue weighted by molar-refractivity contribution is 6.31. The van der Waals surface area contributed by atoms with Crippen LogP contribution in [0.1, 0.15) is 36.8 Å². The predicted octanol–water partition coefficient (Wildman–Crippen LogP) is 2.84. The fourth-order valence-corrected chi connectivity index (χ4v) is 5.76. The van der Waals surface area contributed by atoms with Crippen LogP contribution in [-0.4, -0.2) is 60.7 Å². The van der Waals surface area contributed by atoms with E-state index in [9.17, 15) is 9.90 Å². The molecule has 2 heterocycles. The van der Waals surface area contributed by atoms with Gasteiger partial charge in [-0.05, 0) is 36.6 Å². The number of aliphatic hydroxyl groups excluding tert-OH is 2. The normalized spacial score (nSPS) is 27.5. The van der Waals surface area contributed by atoms with Gasteiger partial charge < -0.3 is 31.3 Å². The molecule has 1 amide bonds. The molecule has 37 heavy (non-hydrogen) atoms. The van der Waals surface area contributed by atoms with E-state index in [0.29, 0.717) is 19.6 Å². The number of amides is 1. The Balaban J connectivity index is 1.82. The molecule has 0 radical (unpaired) electrons. The third kappa shape index (κ3) is 5.49. The Morgan fingerprint density at radius 3 is 2.65 bits per heavy atom. The van der Waals surface area contributed by atoms with Crippen LogP contribution in [0.15, 0.2) is 36.4 Å². The zero-order valence-electron chi connectivity index (χ0n) is 20.3. The summed E-state index contributed by atoms with van der Waals surface area (Å²) in [5.41, 5.74) is 5.44. The smallest absolute Gasteiger partial charge is 0.237 e. The minimum Gasteiger partial charge on any atom is -0.394 e. The van der Waals surface area contributed by atoms with E-state index in [1.807, 2.05) is 6.92 Å². The molecule has 0 bridgehead atoms. The summed E-state index contributed by atoms with van der Waals surface area (Å²) >= 11 is 12.1. The molecule has 0 unspecified atom stereocenters. The lowest BCUT2D eigenvalue weighted by atomic mass is 9.67. The standard InChI is InChI=1S/C26H31Cl2F2N3O4/c1-25(12-37-13-25)10-20-26(31,17-6-5-14(27)9-19(17)29)21(16-3-2-4-18(28)22(16)30)23(33-20)24(36)32-8-7-15(35)11-34/h2-6,9,15,20-21,23,33-35H,7-8,10-13,31H2,1H3,(H,32,36)/t15-,20-,21-,23+,26+/m0/s1. The summed E-state index contributed by atoms with van der Waals surface area (Å²) in [6.07, 6.45) is -0.457. The highest BCUT2D eigenvalue weighted by atomic mass is 35.5. The summed E-state index contributed by atoms with van der Waals surface area (Å²) in [5.74, 6) is -2.97. The van der Waals surface area contributed by atoms with Crippen molar-refractivity contribution in [1.82, 2.24) is 10.6 Å². The molecule has 0 spiro atoms. The summed E-state index contributed by atoms with van der Waals surface area (Å²) in [5, 5.41) is 24.8. The monoisotopic (exact) mass is 557 g/mol. The number of aliphatic hydroxyl groups is 2. The quantitative estimate of drug-likeness (QED) is 0.323. The SMILES string of the molecule is CC1(C[C@@H]2N[C@@H](C(=O)NCC[C@H](O)CO)[C@H](c3cccc(Cl)c3F)[C@@]2(N)c2ccc(Cl)cc2F)COC1. The van der Waals surface area contributed by atoms with Crippen LogP contribution in [0.25, 0.3) is 0 Å². The van der Waals surface area contributed by atoms with E-state index in [1.165, 1.54) is 24.3 Å². The van der Waals surface area contributed by atoms with Crippen molar-refractivity contribution >= 4 is 29.1 Å². The van der Waals surface area contributed by atoms with Crippen molar-refractivity contribution in [3.05, 3.63) is 69.2 Å². The lowest BCUT2D eigenvalue weighted by Gasteiger charge is -2.44. The van der Waals surface area contributed by atoms with Crippen LogP contribution in [0.5, 0.6) is 0 Å². The second-order valence-corrected chi connectivity index (χ2v) is 11.1. The molecule has 0 aliphatic carbocycles. The van der Waals surface area contributed by atoms with Crippen LogP contribution >= 0.6 is 23.2 Å². The average Bonchev–Trinajstić information content (AvgIpc) is 3.12. The maximum atomic E-state index is 15.5. The molecule has 0 aromatic heterocycles. The van der Waals surface area contributed by atoms with Gasteiger partial charge in [0.05, 0.1) is 42.5 Å². The molecular weight excluding hydrogens is 527 g/mol. The Labute approximate surface area is 224 Å². The fraction of sp³-hybridized carbons (Fsp3) is 0.500. The molecule has 2 fully saturated rings. The van der Waals surface area contributed by atoms with E-state index < -0.39 is 53.8 Å². The summed E-state index contributed by atoms with van der Waals surface area (Å²) in [6.45, 7) is 2.56. The first kappa shape index (κ1) is 28.2. The van der Waals surface area contributed by atoms with Crippen molar-refractivity contribution in [1.29, 1.82) is 0 Å². The molecule has 2 aliphatic heterocycles. The second kappa shape index (κ2) is 11.1. The minimum absolute atomic E-state index is 0.0621. The van der Waals surface area contributed by atoms with Gasteiger partial charge in [-0.3, -0.25) is 4.79 Å². The summed E-state index contributed by atoms with van der Waals surface area (Å²) in [6, 6.07) is 6.85. The van der Waals surface area contributed by atoms with Crippen LogP contribution in [0, 0.1) is 17.0 Å². The van der Waals surface area contributed by atoms with Crippen molar-refractivity contribution in [2.24, 2.45) is 11.1 Å². The zero-order valence-corrected chi connectivity index (χ0v) is 21.8. The van der Waals surface area contributed by atoms with E-state index in [4.69, 9.17) is 38.8 Å². The first-order chi connectivity index (χ1) is 17.5. The zero-order chi connectivity index (χ0) is 27.0. The van der Waals surface area contributed by atoms with Gasteiger partial charge in [0.2, 0.25) is 5.91 Å². The maximum Gasteiger partial charge on any atom is 0.237 e. The first-order valence-electron chi connectivity index (χ1n) is 12.1. The molecule has 5 atom stereocenters. The number of carbonyl (C=O) groups excluding carboxylic acids is 1. The van der Waals surface area contributed by atoms with Gasteiger partial charge in [-0.25, -0.2) is 8.78 Å². The van der Waals surface area contributed by atoms with E-state index in [1.54, 1.807) is 6.07 Å². The number of nitrogens with one attached hydrogen (secondary N) is 2. The molecule has 11 heteroatoms. The van der Waals surface area contributed by atoms with Gasteiger partial charge in [-0.15, -0.1) is 0 Å². The van der Waals surface area contributed by atoms with Gasteiger partial charge in [-0.2, -0.15) is 0 Å². The molecule has 6 N–H and O–H groups in total. The Bertz CT molecular complexity index is 1150. The number of carbonyl (C=O) groups is 1. The van der Waals surface area contributed by atoms with Crippen LogP contribution < -0.4 is 16.4 Å². The van der Waals surface area contributed by atoms with Gasteiger partial charge in [0.25, 0.3) is 0 Å². The lowest BCUT2D eigenvalue weighted by Crippen LogP contribution is -2.55. The number of benzene rings is 2. The largest absolute Gasteiger partial charge is 0.394 e. The molecule has 0 saturated carbocycles. The van der Waals surface area contributed by atoms with E-state index >= 15 is 8.78 Å². The van der Waals surface area contributed by atoms with Crippen LogP contribution in [0.3, 0.4) is 0 Å². The minimum atomic E-state index is -1.58. The van der Waals surface area contributed by atoms with Gasteiger partial charge >= 0.3 is 0 Å². The van der Waals surface area contributed by atoms with Gasteiger partial charge in [0.1, 0.15) is 11.6 Å². The van der Waals surface area contributed by atoms with Gasteiger partial charge in [-0.1, -0.05) is 48.3 Å². The van der Waals surface area contributed by atoms with Crippen LogP contribution in [-0.2, 0) is 15.1 Å². The van der Waals surface area contributed by atoms with Crippen molar-refractivity contribution in [3.8, 4) is 0 Å². The second-order valence-electron chi connectivity index (χ2n) is 10.3. The number of rotatable bonds is 9. The average molecular weight is 558 g/mol. The molecule has 2 aliphatic rings. The third-order valence-corrected chi connectivity index (χ3v) is 7.91. The first-order valence-corrected chi connectivity index (χ1v) is 12.8. The van der Waals surface area contributed by atoms with Gasteiger partial charge in [0.15, 0.2) is 0 Å². The van der Waals surface area contributed by atoms with E-state index in [-0.39, 0.29) is 39.6 Å². The number of hydrogen-bond donors (Lipinski definition) is 5. The van der Waals surface area contributed by atoms with E-state index in [0.717, 1.165) is 6.07 Å². The molecule has 2 aromatic rings. The molecular formula is C26H31Cl2F2N3O4. The molecule has 202 valence electrons. The third-order valence-electron chi connectivity index (χ3n) is 7.39. The number of nitrogens with two attached hydrogens (primary N) is 1. The van der Waals surface area contributed by atoms with Crippen LogP contribution in [0.2, 0.25) is 10.0 Å². The molecule has 7 nitrogen and oxygen atoms in total. The van der Waals surface area contributed by atoms with Crippen LogP contribution in [0.4, 0.5) is 8.78 Å².